The summed E-state index contributed by atoms with van der Waals surface area (Å²) in [6, 6.07) is 0. The molecule has 0 aliphatic rings. The SMILES string of the molecule is C=C(C)C(CCC(C)CCCC(C)C)CCC(C)CCCC(C)C. The van der Waals surface area contributed by atoms with Gasteiger partial charge < -0.3 is 0 Å². The molecular weight excluding hydrogens is 288 g/mol. The van der Waals surface area contributed by atoms with E-state index in [-0.39, 0.29) is 0 Å². The zero-order chi connectivity index (χ0) is 18.5. The van der Waals surface area contributed by atoms with Gasteiger partial charge in [0.1, 0.15) is 0 Å². The summed E-state index contributed by atoms with van der Waals surface area (Å²) in [5, 5.41) is 0. The molecule has 0 rings (SSSR count). The molecule has 2 atom stereocenters. The first kappa shape index (κ1) is 23.7. The molecule has 0 aliphatic heterocycles. The van der Waals surface area contributed by atoms with Crippen LogP contribution in [-0.4, -0.2) is 0 Å². The van der Waals surface area contributed by atoms with E-state index in [0.29, 0.717) is 0 Å². The molecule has 0 nitrogen and oxygen atoms in total. The Balaban J connectivity index is 3.98. The lowest BCUT2D eigenvalue weighted by Gasteiger charge is -2.22. The van der Waals surface area contributed by atoms with Gasteiger partial charge in [-0.15, -0.1) is 0 Å². The van der Waals surface area contributed by atoms with Crippen molar-refractivity contribution in [2.24, 2.45) is 29.6 Å². The first-order chi connectivity index (χ1) is 11.2. The van der Waals surface area contributed by atoms with E-state index >= 15 is 0 Å². The van der Waals surface area contributed by atoms with Crippen molar-refractivity contribution in [1.82, 2.24) is 0 Å². The van der Waals surface area contributed by atoms with Crippen LogP contribution in [0.4, 0.5) is 0 Å². The molecule has 0 spiro atoms. The van der Waals surface area contributed by atoms with Crippen molar-refractivity contribution in [1.29, 1.82) is 0 Å². The van der Waals surface area contributed by atoms with Gasteiger partial charge in [-0.05, 0) is 49.4 Å². The van der Waals surface area contributed by atoms with Crippen LogP contribution in [0.2, 0.25) is 0 Å². The van der Waals surface area contributed by atoms with Gasteiger partial charge in [-0.2, -0.15) is 0 Å². The lowest BCUT2D eigenvalue weighted by molar-refractivity contribution is 0.357. The second-order valence-corrected chi connectivity index (χ2v) is 9.56. The fourth-order valence-electron chi connectivity index (χ4n) is 3.65. The van der Waals surface area contributed by atoms with E-state index in [4.69, 9.17) is 0 Å². The normalized spacial score (nSPS) is 15.7. The van der Waals surface area contributed by atoms with Gasteiger partial charge in [0, 0.05) is 0 Å². The molecule has 0 saturated heterocycles. The summed E-state index contributed by atoms with van der Waals surface area (Å²) in [5.74, 6) is 4.24. The molecule has 0 heteroatoms. The molecule has 2 unspecified atom stereocenters. The minimum Gasteiger partial charge on any atom is -0.0999 e. The van der Waals surface area contributed by atoms with Crippen molar-refractivity contribution >= 4 is 0 Å². The molecule has 0 saturated carbocycles. The van der Waals surface area contributed by atoms with Crippen molar-refractivity contribution in [3.63, 3.8) is 0 Å². The summed E-state index contributed by atoms with van der Waals surface area (Å²) >= 11 is 0. The first-order valence-electron chi connectivity index (χ1n) is 10.9. The molecule has 0 N–H and O–H groups in total. The highest BCUT2D eigenvalue weighted by Crippen LogP contribution is 2.28. The Labute approximate surface area is 154 Å². The summed E-state index contributed by atoms with van der Waals surface area (Å²) in [6.07, 6.45) is 13.9. The highest BCUT2D eigenvalue weighted by atomic mass is 14.2. The van der Waals surface area contributed by atoms with Crippen LogP contribution in [0, 0.1) is 29.6 Å². The largest absolute Gasteiger partial charge is 0.0999 e. The quantitative estimate of drug-likeness (QED) is 0.262. The van der Waals surface area contributed by atoms with Crippen LogP contribution in [0.5, 0.6) is 0 Å². The molecule has 0 aromatic heterocycles. The third-order valence-corrected chi connectivity index (χ3v) is 5.67. The maximum Gasteiger partial charge on any atom is -0.0208 e. The number of allylic oxidation sites excluding steroid dienone is 1. The van der Waals surface area contributed by atoms with E-state index in [2.05, 4.69) is 55.0 Å². The Morgan fingerprint density at radius 3 is 1.25 bits per heavy atom. The predicted octanol–water partition coefficient (Wildman–Crippen LogP) is 8.66. The topological polar surface area (TPSA) is 0 Å². The van der Waals surface area contributed by atoms with Crippen LogP contribution in [0.15, 0.2) is 12.2 Å². The van der Waals surface area contributed by atoms with Crippen molar-refractivity contribution in [3.05, 3.63) is 12.2 Å². The van der Waals surface area contributed by atoms with Crippen molar-refractivity contribution in [3.8, 4) is 0 Å². The molecule has 0 radical (unpaired) electrons. The predicted molar refractivity (Wildman–Crippen MR) is 112 cm³/mol. The molecule has 0 heterocycles. The summed E-state index contributed by atoms with van der Waals surface area (Å²) in [4.78, 5) is 0. The molecule has 0 aliphatic carbocycles. The Morgan fingerprint density at radius 1 is 0.583 bits per heavy atom. The summed E-state index contributed by atoms with van der Waals surface area (Å²) in [6.45, 7) is 20.8. The third-order valence-electron chi connectivity index (χ3n) is 5.67. The zero-order valence-corrected chi connectivity index (χ0v) is 18.2. The number of rotatable bonds is 15. The van der Waals surface area contributed by atoms with E-state index in [9.17, 15) is 0 Å². The number of hydrogen-bond donors (Lipinski definition) is 0. The average Bonchev–Trinajstić information content (AvgIpc) is 2.45. The van der Waals surface area contributed by atoms with E-state index < -0.39 is 0 Å². The van der Waals surface area contributed by atoms with Crippen molar-refractivity contribution < 1.29 is 0 Å². The molecule has 24 heavy (non-hydrogen) atoms. The molecule has 0 fully saturated rings. The van der Waals surface area contributed by atoms with Gasteiger partial charge in [0.25, 0.3) is 0 Å². The minimum absolute atomic E-state index is 0.755. The number of hydrogen-bond acceptors (Lipinski definition) is 0. The van der Waals surface area contributed by atoms with Gasteiger partial charge >= 0.3 is 0 Å². The molecule has 144 valence electrons. The average molecular weight is 337 g/mol. The van der Waals surface area contributed by atoms with E-state index in [1.807, 2.05) is 0 Å². The molecule has 0 amide bonds. The van der Waals surface area contributed by atoms with Gasteiger partial charge in [0.05, 0.1) is 0 Å². The smallest absolute Gasteiger partial charge is 0.0208 e. The highest BCUT2D eigenvalue weighted by molar-refractivity contribution is 4.96. The molecular formula is C24H48. The minimum atomic E-state index is 0.755. The second-order valence-electron chi connectivity index (χ2n) is 9.56. The maximum atomic E-state index is 4.28. The van der Waals surface area contributed by atoms with Crippen molar-refractivity contribution in [2.75, 3.05) is 0 Å². The van der Waals surface area contributed by atoms with Crippen LogP contribution in [0.3, 0.4) is 0 Å². The Morgan fingerprint density at radius 2 is 0.958 bits per heavy atom. The van der Waals surface area contributed by atoms with Crippen LogP contribution in [0.25, 0.3) is 0 Å². The maximum absolute atomic E-state index is 4.28. The molecule has 0 aromatic carbocycles. The van der Waals surface area contributed by atoms with Crippen LogP contribution in [0.1, 0.15) is 113 Å². The Bertz CT molecular complexity index is 275. The van der Waals surface area contributed by atoms with Gasteiger partial charge in [0.15, 0.2) is 0 Å². The van der Waals surface area contributed by atoms with Crippen LogP contribution in [-0.2, 0) is 0 Å². The van der Waals surface area contributed by atoms with E-state index in [1.165, 1.54) is 69.8 Å². The Kier molecular flexibility index (Phi) is 13.8. The summed E-state index contributed by atoms with van der Waals surface area (Å²) < 4.78 is 0. The Hall–Kier alpha value is -0.260. The zero-order valence-electron chi connectivity index (χ0n) is 18.2. The highest BCUT2D eigenvalue weighted by Gasteiger charge is 2.14. The van der Waals surface area contributed by atoms with Gasteiger partial charge in [-0.25, -0.2) is 0 Å². The first-order valence-corrected chi connectivity index (χ1v) is 10.9. The summed E-state index contributed by atoms with van der Waals surface area (Å²) in [7, 11) is 0. The third kappa shape index (κ3) is 14.1. The standard InChI is InChI=1S/C24H48/c1-19(2)11-9-13-22(7)15-17-24(21(5)6)18-16-23(8)14-10-12-20(3)4/h19-20,22-24H,5,9-18H2,1-4,6-8H3. The van der Waals surface area contributed by atoms with E-state index in [0.717, 1.165) is 29.6 Å². The molecule has 0 aromatic rings. The molecule has 0 bridgehead atoms. The van der Waals surface area contributed by atoms with Gasteiger partial charge in [-0.1, -0.05) is 105 Å². The fourth-order valence-corrected chi connectivity index (χ4v) is 3.65. The van der Waals surface area contributed by atoms with Crippen LogP contribution < -0.4 is 0 Å². The summed E-state index contributed by atoms with van der Waals surface area (Å²) in [5.41, 5.74) is 1.42. The van der Waals surface area contributed by atoms with Gasteiger partial charge in [-0.3, -0.25) is 0 Å². The van der Waals surface area contributed by atoms with Crippen molar-refractivity contribution in [2.45, 2.75) is 113 Å². The lowest BCUT2D eigenvalue weighted by atomic mass is 9.84. The fraction of sp³-hybridized carbons (Fsp3) is 0.917. The van der Waals surface area contributed by atoms with E-state index in [1.54, 1.807) is 0 Å². The lowest BCUT2D eigenvalue weighted by Crippen LogP contribution is -2.08. The second kappa shape index (κ2) is 14.0. The monoisotopic (exact) mass is 336 g/mol. The van der Waals surface area contributed by atoms with Crippen LogP contribution >= 0.6 is 0 Å². The van der Waals surface area contributed by atoms with Gasteiger partial charge in [0.2, 0.25) is 0 Å².